The van der Waals surface area contributed by atoms with Crippen LogP contribution in [0.15, 0.2) is 36.8 Å². The molecule has 0 radical (unpaired) electrons. The number of H-pyrrole nitrogens is 1. The van der Waals surface area contributed by atoms with Crippen LogP contribution < -0.4 is 10.6 Å². The molecule has 0 bridgehead atoms. The molecule has 0 spiro atoms. The number of anilines is 1. The highest BCUT2D eigenvalue weighted by atomic mass is 19.1. The zero-order valence-electron chi connectivity index (χ0n) is 17.4. The van der Waals surface area contributed by atoms with Crippen LogP contribution in [0.25, 0.3) is 22.4 Å². The predicted octanol–water partition coefficient (Wildman–Crippen LogP) is 3.30. The highest BCUT2D eigenvalue weighted by Crippen LogP contribution is 2.34. The molecular formula is C21H26FN7O. The van der Waals surface area contributed by atoms with Gasteiger partial charge in [-0.25, -0.2) is 9.37 Å². The van der Waals surface area contributed by atoms with Crippen LogP contribution in [0.1, 0.15) is 34.1 Å². The van der Waals surface area contributed by atoms with Crippen molar-refractivity contribution in [3.63, 3.8) is 0 Å². The molecule has 9 heteroatoms. The first-order valence-corrected chi connectivity index (χ1v) is 9.87. The van der Waals surface area contributed by atoms with E-state index in [1.807, 2.05) is 33.8 Å². The maximum absolute atomic E-state index is 15.0. The Hall–Kier alpha value is -3.07. The fourth-order valence-electron chi connectivity index (χ4n) is 4.24. The summed E-state index contributed by atoms with van der Waals surface area (Å²) in [7, 11) is 0. The topological polar surface area (TPSA) is 112 Å². The molecule has 0 unspecified atom stereocenters. The first-order chi connectivity index (χ1) is 14.1. The standard InChI is InChI=1S/C21H26FN7O/c1-20(2)8-15(18(22)21(3,4)29-20)26-19-23-11-16(27-28-19)14-6-5-12(7-17(14)30)13-9-24-25-10-13/h5-7,9-11,15,18,29-30H,8H2,1-4H3,(H,24,25)(H,23,26,28)/t15-,18-/m1/s1. The van der Waals surface area contributed by atoms with E-state index in [1.165, 1.54) is 6.20 Å². The molecule has 30 heavy (non-hydrogen) atoms. The van der Waals surface area contributed by atoms with Gasteiger partial charge in [-0.3, -0.25) is 5.10 Å². The van der Waals surface area contributed by atoms with Crippen LogP contribution in [0.5, 0.6) is 5.75 Å². The van der Waals surface area contributed by atoms with Crippen LogP contribution in [0, 0.1) is 0 Å². The monoisotopic (exact) mass is 411 g/mol. The van der Waals surface area contributed by atoms with Gasteiger partial charge >= 0.3 is 0 Å². The molecule has 3 heterocycles. The molecule has 2 aromatic heterocycles. The summed E-state index contributed by atoms with van der Waals surface area (Å²) in [6.45, 7) is 7.80. The Labute approximate surface area is 174 Å². The second kappa shape index (κ2) is 7.32. The summed E-state index contributed by atoms with van der Waals surface area (Å²) in [4.78, 5) is 4.29. The first kappa shape index (κ1) is 20.2. The molecule has 0 aliphatic carbocycles. The zero-order chi connectivity index (χ0) is 21.5. The first-order valence-electron chi connectivity index (χ1n) is 9.87. The third kappa shape index (κ3) is 3.97. The summed E-state index contributed by atoms with van der Waals surface area (Å²) in [6.07, 6.45) is 4.41. The fraction of sp³-hybridized carbons (Fsp3) is 0.429. The summed E-state index contributed by atoms with van der Waals surface area (Å²) in [5.41, 5.74) is 1.75. The minimum Gasteiger partial charge on any atom is -0.507 e. The van der Waals surface area contributed by atoms with Gasteiger partial charge in [0.05, 0.1) is 18.4 Å². The number of phenols is 1. The molecule has 3 aromatic rings. The van der Waals surface area contributed by atoms with E-state index >= 15 is 0 Å². The Balaban J connectivity index is 1.52. The number of piperidine rings is 1. The Bertz CT molecular complexity index is 1020. The molecule has 0 amide bonds. The second-order valence-corrected chi connectivity index (χ2v) is 8.97. The summed E-state index contributed by atoms with van der Waals surface area (Å²) in [6, 6.07) is 4.82. The highest BCUT2D eigenvalue weighted by molar-refractivity contribution is 5.73. The van der Waals surface area contributed by atoms with Gasteiger partial charge in [0.15, 0.2) is 0 Å². The van der Waals surface area contributed by atoms with E-state index in [0.29, 0.717) is 17.7 Å². The van der Waals surface area contributed by atoms with Crippen LogP contribution in [-0.4, -0.2) is 53.8 Å². The number of aromatic hydroxyl groups is 1. The third-order valence-corrected chi connectivity index (χ3v) is 5.41. The van der Waals surface area contributed by atoms with Crippen molar-refractivity contribution in [3.05, 3.63) is 36.8 Å². The lowest BCUT2D eigenvalue weighted by atomic mass is 9.78. The molecule has 158 valence electrons. The zero-order valence-corrected chi connectivity index (χ0v) is 17.4. The van der Waals surface area contributed by atoms with Gasteiger partial charge in [0.25, 0.3) is 0 Å². The number of nitrogens with zero attached hydrogens (tertiary/aromatic N) is 4. The molecule has 1 aliphatic heterocycles. The number of hydrogen-bond donors (Lipinski definition) is 4. The summed E-state index contributed by atoms with van der Waals surface area (Å²) in [5.74, 6) is 0.325. The van der Waals surface area contributed by atoms with Crippen molar-refractivity contribution in [1.82, 2.24) is 30.7 Å². The summed E-state index contributed by atoms with van der Waals surface area (Å²) in [5, 5.41) is 31.8. The summed E-state index contributed by atoms with van der Waals surface area (Å²) >= 11 is 0. The molecule has 4 N–H and O–H groups in total. The van der Waals surface area contributed by atoms with Gasteiger partial charge in [-0.2, -0.15) is 5.10 Å². The molecule has 4 rings (SSSR count). The van der Waals surface area contributed by atoms with Crippen LogP contribution in [0.2, 0.25) is 0 Å². The van der Waals surface area contributed by atoms with E-state index < -0.39 is 17.8 Å². The number of hydrogen-bond acceptors (Lipinski definition) is 7. The molecule has 2 atom stereocenters. The summed E-state index contributed by atoms with van der Waals surface area (Å²) < 4.78 is 15.0. The molecule has 1 aliphatic rings. The van der Waals surface area contributed by atoms with E-state index in [2.05, 4.69) is 36.0 Å². The number of rotatable bonds is 4. The maximum atomic E-state index is 15.0. The van der Waals surface area contributed by atoms with E-state index in [0.717, 1.165) is 11.1 Å². The molecule has 1 saturated heterocycles. The van der Waals surface area contributed by atoms with Crippen LogP contribution in [0.3, 0.4) is 0 Å². The minimum atomic E-state index is -1.12. The lowest BCUT2D eigenvalue weighted by Gasteiger charge is -2.48. The van der Waals surface area contributed by atoms with Crippen LogP contribution in [0.4, 0.5) is 10.3 Å². The maximum Gasteiger partial charge on any atom is 0.243 e. The average Bonchev–Trinajstić information content (AvgIpc) is 3.20. The van der Waals surface area contributed by atoms with Gasteiger partial charge in [-0.15, -0.1) is 10.2 Å². The van der Waals surface area contributed by atoms with E-state index in [4.69, 9.17) is 0 Å². The van der Waals surface area contributed by atoms with Gasteiger partial charge in [-0.1, -0.05) is 6.07 Å². The van der Waals surface area contributed by atoms with Crippen LogP contribution >= 0.6 is 0 Å². The Morgan fingerprint density at radius 1 is 1.13 bits per heavy atom. The van der Waals surface area contributed by atoms with Crippen molar-refractivity contribution in [1.29, 1.82) is 0 Å². The van der Waals surface area contributed by atoms with E-state index in [1.54, 1.807) is 24.5 Å². The van der Waals surface area contributed by atoms with Crippen LogP contribution in [-0.2, 0) is 0 Å². The van der Waals surface area contributed by atoms with Crippen molar-refractivity contribution in [3.8, 4) is 28.1 Å². The van der Waals surface area contributed by atoms with Gasteiger partial charge in [0.1, 0.15) is 17.6 Å². The number of benzene rings is 1. The number of phenolic OH excluding ortho intramolecular Hbond substituents is 1. The number of nitrogens with one attached hydrogen (secondary N) is 3. The fourth-order valence-corrected chi connectivity index (χ4v) is 4.24. The van der Waals surface area contributed by atoms with E-state index in [-0.39, 0.29) is 17.2 Å². The average molecular weight is 411 g/mol. The molecule has 1 aromatic carbocycles. The second-order valence-electron chi connectivity index (χ2n) is 8.97. The molecular weight excluding hydrogens is 385 g/mol. The Morgan fingerprint density at radius 3 is 2.57 bits per heavy atom. The number of halogens is 1. The van der Waals surface area contributed by atoms with Crippen molar-refractivity contribution < 1.29 is 9.50 Å². The van der Waals surface area contributed by atoms with Gasteiger partial charge in [0.2, 0.25) is 5.95 Å². The van der Waals surface area contributed by atoms with Crippen molar-refractivity contribution >= 4 is 5.95 Å². The predicted molar refractivity (Wildman–Crippen MR) is 113 cm³/mol. The smallest absolute Gasteiger partial charge is 0.243 e. The lowest BCUT2D eigenvalue weighted by Crippen LogP contribution is -2.67. The Morgan fingerprint density at radius 2 is 1.93 bits per heavy atom. The largest absolute Gasteiger partial charge is 0.507 e. The van der Waals surface area contributed by atoms with Gasteiger partial charge in [0, 0.05) is 28.4 Å². The highest BCUT2D eigenvalue weighted by Gasteiger charge is 2.46. The number of aromatic nitrogens is 5. The molecule has 8 nitrogen and oxygen atoms in total. The lowest BCUT2D eigenvalue weighted by molar-refractivity contribution is 0.0654. The van der Waals surface area contributed by atoms with Crippen molar-refractivity contribution in [2.24, 2.45) is 0 Å². The van der Waals surface area contributed by atoms with Gasteiger partial charge < -0.3 is 15.7 Å². The SMILES string of the molecule is CC1(C)C[C@@H](Nc2ncc(-c3ccc(-c4cn[nH]c4)cc3O)nn2)[C@@H](F)C(C)(C)N1. The van der Waals surface area contributed by atoms with Crippen molar-refractivity contribution in [2.75, 3.05) is 5.32 Å². The third-order valence-electron chi connectivity index (χ3n) is 5.41. The number of aromatic amines is 1. The molecule has 1 fully saturated rings. The number of alkyl halides is 1. The van der Waals surface area contributed by atoms with Crippen molar-refractivity contribution in [2.45, 2.75) is 57.4 Å². The quantitative estimate of drug-likeness (QED) is 0.521. The Kier molecular flexibility index (Phi) is 4.93. The minimum absolute atomic E-state index is 0.0659. The van der Waals surface area contributed by atoms with Gasteiger partial charge in [-0.05, 0) is 51.8 Å². The molecule has 0 saturated carbocycles. The normalized spacial score (nSPS) is 22.6. The van der Waals surface area contributed by atoms with E-state index in [9.17, 15) is 9.50 Å².